The molecule has 1 atom stereocenters. The maximum atomic E-state index is 14.0. The van der Waals surface area contributed by atoms with Gasteiger partial charge in [-0.05, 0) is 23.8 Å². The lowest BCUT2D eigenvalue weighted by atomic mass is 9.89. The van der Waals surface area contributed by atoms with Gasteiger partial charge in [0.25, 0.3) is 5.91 Å². The first-order valence-electron chi connectivity index (χ1n) is 8.67. The molecule has 1 aliphatic heterocycles. The predicted molar refractivity (Wildman–Crippen MR) is 103 cm³/mol. The summed E-state index contributed by atoms with van der Waals surface area (Å²) >= 11 is 11.9. The summed E-state index contributed by atoms with van der Waals surface area (Å²) in [6.45, 7) is -0.659. The highest BCUT2D eigenvalue weighted by molar-refractivity contribution is 6.36. The third-order valence-corrected chi connectivity index (χ3v) is 5.21. The Labute approximate surface area is 182 Å². The Morgan fingerprint density at radius 2 is 1.77 bits per heavy atom. The molecule has 3 aromatic rings. The number of alkyl halides is 3. The normalized spacial score (nSPS) is 19.1. The Morgan fingerprint density at radius 1 is 1.06 bits per heavy atom. The van der Waals surface area contributed by atoms with Crippen molar-refractivity contribution in [2.45, 2.75) is 18.3 Å². The number of aromatic nitrogens is 2. The molecule has 0 aliphatic carbocycles. The van der Waals surface area contributed by atoms with E-state index in [1.165, 1.54) is 36.4 Å². The monoisotopic (exact) mass is 470 g/mol. The van der Waals surface area contributed by atoms with Crippen LogP contribution in [0.15, 0.2) is 52.9 Å². The molecule has 160 valence electrons. The molecule has 1 saturated heterocycles. The summed E-state index contributed by atoms with van der Waals surface area (Å²) in [5.41, 5.74) is -3.30. The summed E-state index contributed by atoms with van der Waals surface area (Å²) in [7, 11) is 0. The Bertz CT molecular complexity index is 1170. The summed E-state index contributed by atoms with van der Waals surface area (Å²) in [5, 5.41) is 9.85. The molecule has 12 heteroatoms. The van der Waals surface area contributed by atoms with Gasteiger partial charge in [-0.1, -0.05) is 53.5 Å². The van der Waals surface area contributed by atoms with Crippen molar-refractivity contribution in [1.82, 2.24) is 20.4 Å². The van der Waals surface area contributed by atoms with Crippen LogP contribution in [0, 0.1) is 0 Å². The van der Waals surface area contributed by atoms with E-state index in [4.69, 9.17) is 27.6 Å². The fourth-order valence-corrected chi connectivity index (χ4v) is 3.67. The molecule has 2 aromatic carbocycles. The van der Waals surface area contributed by atoms with Gasteiger partial charge in [0.05, 0.1) is 10.6 Å². The third kappa shape index (κ3) is 3.51. The van der Waals surface area contributed by atoms with Crippen molar-refractivity contribution in [3.05, 3.63) is 70.0 Å². The number of nitrogens with one attached hydrogen (secondary N) is 1. The third-order valence-electron chi connectivity index (χ3n) is 4.66. The van der Waals surface area contributed by atoms with Gasteiger partial charge in [0, 0.05) is 5.02 Å². The molecular formula is C19H11Cl2F3N4O3. The van der Waals surface area contributed by atoms with E-state index in [0.29, 0.717) is 15.5 Å². The molecule has 1 aromatic heterocycles. The fraction of sp³-hybridized carbons (Fsp3) is 0.158. The van der Waals surface area contributed by atoms with E-state index in [9.17, 15) is 22.8 Å². The maximum absolute atomic E-state index is 14.0. The number of hydrogen-bond acceptors (Lipinski definition) is 5. The number of hydrogen-bond donors (Lipinski definition) is 1. The summed E-state index contributed by atoms with van der Waals surface area (Å²) in [6, 6.07) is 9.64. The van der Waals surface area contributed by atoms with Crippen LogP contribution in [0.2, 0.25) is 10.0 Å². The molecule has 4 rings (SSSR count). The van der Waals surface area contributed by atoms with Crippen LogP contribution < -0.4 is 5.32 Å². The molecular weight excluding hydrogens is 460 g/mol. The van der Waals surface area contributed by atoms with Gasteiger partial charge in [0.2, 0.25) is 17.3 Å². The van der Waals surface area contributed by atoms with Crippen LogP contribution in [0.5, 0.6) is 0 Å². The Hall–Kier alpha value is -3.11. The number of imide groups is 1. The van der Waals surface area contributed by atoms with E-state index in [2.05, 4.69) is 10.2 Å². The van der Waals surface area contributed by atoms with E-state index in [-0.39, 0.29) is 16.8 Å². The standard InChI is InChI=1S/C19H11Cl2F3N4O3/c20-11-6-7-12(13(21)8-11)15-27-26-14(31-15)9-28-16(29)18(19(22,23)24,25-17(28)30)10-4-2-1-3-5-10/h1-8H,9H2,(H,25,30). The predicted octanol–water partition coefficient (Wildman–Crippen LogP) is 4.55. The number of urea groups is 1. The molecule has 2 heterocycles. The van der Waals surface area contributed by atoms with Crippen molar-refractivity contribution in [3.8, 4) is 11.5 Å². The van der Waals surface area contributed by atoms with Crippen molar-refractivity contribution in [3.63, 3.8) is 0 Å². The van der Waals surface area contributed by atoms with Crippen LogP contribution in [-0.2, 0) is 16.9 Å². The molecule has 0 bridgehead atoms. The smallest absolute Gasteiger partial charge is 0.419 e. The van der Waals surface area contributed by atoms with Gasteiger partial charge in [-0.15, -0.1) is 10.2 Å². The summed E-state index contributed by atoms with van der Waals surface area (Å²) in [5.74, 6) is -1.80. The molecule has 1 unspecified atom stereocenters. The van der Waals surface area contributed by atoms with E-state index in [0.717, 1.165) is 12.1 Å². The van der Waals surface area contributed by atoms with Gasteiger partial charge in [0.1, 0.15) is 6.54 Å². The number of carbonyl (C=O) groups is 2. The first kappa shape index (κ1) is 21.1. The minimum atomic E-state index is -5.09. The highest BCUT2D eigenvalue weighted by Crippen LogP contribution is 2.43. The van der Waals surface area contributed by atoms with Crippen LogP contribution in [0.25, 0.3) is 11.5 Å². The summed E-state index contributed by atoms with van der Waals surface area (Å²) in [4.78, 5) is 25.6. The molecule has 1 aliphatic rings. The Morgan fingerprint density at radius 3 is 2.42 bits per heavy atom. The largest absolute Gasteiger partial charge is 0.425 e. The Kier molecular flexibility index (Phi) is 5.14. The SMILES string of the molecule is O=C1NC(c2ccccc2)(C(F)(F)F)C(=O)N1Cc1nnc(-c2ccc(Cl)cc2Cl)o1. The van der Waals surface area contributed by atoms with Crippen molar-refractivity contribution >= 4 is 35.1 Å². The number of benzene rings is 2. The maximum Gasteiger partial charge on any atom is 0.425 e. The average Bonchev–Trinajstić information content (AvgIpc) is 3.27. The van der Waals surface area contributed by atoms with Gasteiger partial charge in [0.15, 0.2) is 0 Å². The second-order valence-electron chi connectivity index (χ2n) is 6.56. The molecule has 31 heavy (non-hydrogen) atoms. The topological polar surface area (TPSA) is 88.3 Å². The van der Waals surface area contributed by atoms with Crippen molar-refractivity contribution < 1.29 is 27.2 Å². The van der Waals surface area contributed by atoms with Gasteiger partial charge >= 0.3 is 12.2 Å². The van der Waals surface area contributed by atoms with Crippen molar-refractivity contribution in [2.75, 3.05) is 0 Å². The number of rotatable bonds is 4. The zero-order valence-electron chi connectivity index (χ0n) is 15.3. The number of carbonyl (C=O) groups excluding carboxylic acids is 2. The quantitative estimate of drug-likeness (QED) is 0.564. The second-order valence-corrected chi connectivity index (χ2v) is 7.40. The van der Waals surface area contributed by atoms with Gasteiger partial charge < -0.3 is 9.73 Å². The van der Waals surface area contributed by atoms with Crippen LogP contribution >= 0.6 is 23.2 Å². The van der Waals surface area contributed by atoms with Gasteiger partial charge in [-0.2, -0.15) is 13.2 Å². The molecule has 7 nitrogen and oxygen atoms in total. The van der Waals surface area contributed by atoms with Gasteiger partial charge in [-0.3, -0.25) is 9.69 Å². The molecule has 3 amide bonds. The molecule has 0 spiro atoms. The number of halogens is 5. The molecule has 1 fully saturated rings. The fourth-order valence-electron chi connectivity index (χ4n) is 3.18. The highest BCUT2D eigenvalue weighted by Gasteiger charge is 2.68. The van der Waals surface area contributed by atoms with Crippen molar-refractivity contribution in [1.29, 1.82) is 0 Å². The molecule has 0 saturated carbocycles. The van der Waals surface area contributed by atoms with Crippen LogP contribution in [0.3, 0.4) is 0 Å². The molecule has 0 radical (unpaired) electrons. The van der Waals surface area contributed by atoms with Crippen molar-refractivity contribution in [2.24, 2.45) is 0 Å². The summed E-state index contributed by atoms with van der Waals surface area (Å²) < 4.78 is 47.4. The van der Waals surface area contributed by atoms with Crippen LogP contribution in [-0.4, -0.2) is 33.2 Å². The molecule has 1 N–H and O–H groups in total. The first-order valence-corrected chi connectivity index (χ1v) is 9.43. The lowest BCUT2D eigenvalue weighted by molar-refractivity contribution is -0.198. The van der Waals surface area contributed by atoms with Gasteiger partial charge in [-0.25, -0.2) is 4.79 Å². The number of amides is 3. The highest BCUT2D eigenvalue weighted by atomic mass is 35.5. The van der Waals surface area contributed by atoms with Crippen LogP contribution in [0.1, 0.15) is 11.5 Å². The number of nitrogens with zero attached hydrogens (tertiary/aromatic N) is 3. The van der Waals surface area contributed by atoms with E-state index >= 15 is 0 Å². The zero-order valence-corrected chi connectivity index (χ0v) is 16.8. The van der Waals surface area contributed by atoms with E-state index < -0.39 is 35.8 Å². The van der Waals surface area contributed by atoms with E-state index in [1.54, 1.807) is 5.32 Å². The Balaban J connectivity index is 1.65. The lowest BCUT2D eigenvalue weighted by Gasteiger charge is -2.29. The zero-order chi connectivity index (χ0) is 22.4. The lowest BCUT2D eigenvalue weighted by Crippen LogP contribution is -2.55. The van der Waals surface area contributed by atoms with E-state index in [1.807, 2.05) is 0 Å². The first-order chi connectivity index (χ1) is 14.6. The van der Waals surface area contributed by atoms with Crippen LogP contribution in [0.4, 0.5) is 18.0 Å². The average molecular weight is 471 g/mol. The summed E-state index contributed by atoms with van der Waals surface area (Å²) in [6.07, 6.45) is -5.09. The minimum absolute atomic E-state index is 0.0473. The minimum Gasteiger partial charge on any atom is -0.419 e. The second kappa shape index (κ2) is 7.54.